The summed E-state index contributed by atoms with van der Waals surface area (Å²) in [6, 6.07) is 4.37. The van der Waals surface area contributed by atoms with Gasteiger partial charge in [0.1, 0.15) is 5.82 Å². The molecule has 1 aliphatic rings. The van der Waals surface area contributed by atoms with Crippen molar-refractivity contribution in [3.63, 3.8) is 0 Å². The Morgan fingerprint density at radius 3 is 2.44 bits per heavy atom. The molecule has 0 bridgehead atoms. The van der Waals surface area contributed by atoms with Crippen LogP contribution in [0.2, 0.25) is 0 Å². The van der Waals surface area contributed by atoms with Gasteiger partial charge < -0.3 is 16.9 Å². The van der Waals surface area contributed by atoms with Crippen LogP contribution >= 0.6 is 0 Å². The third-order valence-electron chi connectivity index (χ3n) is 5.02. The molecule has 170 valence electrons. The summed E-state index contributed by atoms with van der Waals surface area (Å²) in [4.78, 5) is 4.12. The van der Waals surface area contributed by atoms with Crippen molar-refractivity contribution in [2.24, 2.45) is 23.8 Å². The number of rotatable bonds is 3. The Morgan fingerprint density at radius 1 is 1.16 bits per heavy atom. The molecule has 0 aliphatic carbocycles. The number of nitrogens with two attached hydrogens (primary N) is 3. The minimum Gasteiger partial charge on any atom is -0.383 e. The molecule has 4 rings (SSSR count). The zero-order chi connectivity index (χ0) is 23.3. The van der Waals surface area contributed by atoms with Crippen LogP contribution < -0.4 is 27.7 Å². The highest BCUT2D eigenvalue weighted by molar-refractivity contribution is 6.12. The lowest BCUT2D eigenvalue weighted by Crippen LogP contribution is -2.40. The van der Waals surface area contributed by atoms with Crippen LogP contribution in [0.4, 0.5) is 20.3 Å². The number of halogens is 2. The monoisotopic (exact) mass is 443 g/mol. The molecule has 7 N–H and O–H groups in total. The number of amidine groups is 1. The number of benzene rings is 1. The maximum Gasteiger partial charge on any atom is 0.184 e. The Labute approximate surface area is 184 Å². The highest BCUT2D eigenvalue weighted by Gasteiger charge is 2.22. The minimum absolute atomic E-state index is 0.0760. The van der Waals surface area contributed by atoms with E-state index >= 15 is 0 Å². The number of hydrazine groups is 1. The van der Waals surface area contributed by atoms with Crippen LogP contribution in [0, 0.1) is 18.6 Å². The summed E-state index contributed by atoms with van der Waals surface area (Å²) in [6.45, 7) is 3.94. The number of nitrogen functional groups attached to an aromatic ring is 1. The zero-order valence-electron chi connectivity index (χ0n) is 18.0. The van der Waals surface area contributed by atoms with Crippen LogP contribution in [0.1, 0.15) is 24.0 Å². The van der Waals surface area contributed by atoms with Gasteiger partial charge in [0.15, 0.2) is 17.5 Å². The van der Waals surface area contributed by atoms with E-state index in [0.717, 1.165) is 10.6 Å². The van der Waals surface area contributed by atoms with Gasteiger partial charge >= 0.3 is 0 Å². The lowest BCUT2D eigenvalue weighted by atomic mass is 10.1. The highest BCUT2D eigenvalue weighted by Crippen LogP contribution is 2.26. The molecule has 32 heavy (non-hydrogen) atoms. The van der Waals surface area contributed by atoms with Crippen molar-refractivity contribution in [2.45, 2.75) is 19.8 Å². The fourth-order valence-electron chi connectivity index (χ4n) is 3.21. The van der Waals surface area contributed by atoms with Crippen LogP contribution in [0.5, 0.6) is 0 Å². The maximum atomic E-state index is 14.3. The van der Waals surface area contributed by atoms with E-state index in [-0.39, 0.29) is 28.5 Å². The molecule has 0 unspecified atom stereocenters. The first-order valence-corrected chi connectivity index (χ1v) is 10.1. The molecule has 1 fully saturated rings. The van der Waals surface area contributed by atoms with Crippen LogP contribution in [0.15, 0.2) is 41.9 Å². The predicted octanol–water partition coefficient (Wildman–Crippen LogP) is 2.02. The number of hydrogen-bond donors (Lipinski definition) is 4. The first-order chi connectivity index (χ1) is 15.3. The molecule has 0 atom stereocenters. The molecule has 1 saturated heterocycles. The summed E-state index contributed by atoms with van der Waals surface area (Å²) in [5.74, 6) is 9.33. The van der Waals surface area contributed by atoms with Gasteiger partial charge in [0.2, 0.25) is 0 Å². The molecule has 0 amide bonds. The molecule has 0 spiro atoms. The molecular weight excluding hydrogens is 416 g/mol. The lowest BCUT2D eigenvalue weighted by molar-refractivity contribution is 0.503. The van der Waals surface area contributed by atoms with Gasteiger partial charge in [-0.2, -0.15) is 10.2 Å². The van der Waals surface area contributed by atoms with E-state index in [1.54, 1.807) is 36.4 Å². The molecule has 9 nitrogen and oxygen atoms in total. The summed E-state index contributed by atoms with van der Waals surface area (Å²) in [7, 11) is 1.78. The van der Waals surface area contributed by atoms with Gasteiger partial charge in [0.05, 0.1) is 17.4 Å². The van der Waals surface area contributed by atoms with Crippen LogP contribution in [0.3, 0.4) is 0 Å². The van der Waals surface area contributed by atoms with E-state index in [1.807, 2.05) is 0 Å². The van der Waals surface area contributed by atoms with Crippen LogP contribution in [-0.2, 0) is 7.05 Å². The Morgan fingerprint density at radius 2 is 1.88 bits per heavy atom. The Bertz CT molecular complexity index is 1100. The smallest absolute Gasteiger partial charge is 0.184 e. The van der Waals surface area contributed by atoms with Crippen LogP contribution in [-0.4, -0.2) is 33.7 Å². The normalized spacial score (nSPS) is 13.6. The number of nitrogens with one attached hydrogen (secondary N) is 1. The SMILES string of the molecule is C1CCNC1.Cc1ccc(N(N)/C(=N\N)c2cc(-c3cnn(C)c3)cnc2N)c(F)c1F. The number of pyridine rings is 1. The molecule has 11 heteroatoms. The van der Waals surface area contributed by atoms with Crippen molar-refractivity contribution in [3.05, 3.63) is 59.6 Å². The first kappa shape index (κ1) is 23.1. The number of hydrazone groups is 1. The van der Waals surface area contributed by atoms with Gasteiger partial charge in [0, 0.05) is 30.6 Å². The minimum atomic E-state index is -1.12. The standard InChI is InChI=1S/C17H18F2N8.C4H9N/c1-9-3-4-13(15(19)14(9)18)27(22)17(25-21)12-5-10(6-23-16(12)20)11-7-24-26(2)8-11;1-2-4-5-3-1/h3-8H,21-22H2,1-2H3,(H2,20,23);5H,1-4H2/b25-17-;. The average molecular weight is 444 g/mol. The Kier molecular flexibility index (Phi) is 7.33. The largest absolute Gasteiger partial charge is 0.383 e. The summed E-state index contributed by atoms with van der Waals surface area (Å²) in [5.41, 5.74) is 7.57. The van der Waals surface area contributed by atoms with E-state index in [2.05, 4.69) is 20.5 Å². The quantitative estimate of drug-likeness (QED) is 0.210. The average Bonchev–Trinajstić information content (AvgIpc) is 3.49. The Hall–Kier alpha value is -3.57. The number of aromatic nitrogens is 3. The third-order valence-corrected chi connectivity index (χ3v) is 5.02. The number of hydrogen-bond acceptors (Lipinski definition) is 7. The predicted molar refractivity (Wildman–Crippen MR) is 121 cm³/mol. The number of anilines is 2. The van der Waals surface area contributed by atoms with Gasteiger partial charge in [-0.3, -0.25) is 9.69 Å². The third kappa shape index (κ3) is 5.01. The van der Waals surface area contributed by atoms with E-state index in [0.29, 0.717) is 5.56 Å². The molecule has 0 radical (unpaired) electrons. The van der Waals surface area contributed by atoms with Gasteiger partial charge in [0.25, 0.3) is 0 Å². The van der Waals surface area contributed by atoms with Crippen LogP contribution in [0.25, 0.3) is 11.1 Å². The molecule has 1 aromatic carbocycles. The summed E-state index contributed by atoms with van der Waals surface area (Å²) in [6.07, 6.45) is 7.76. The maximum absolute atomic E-state index is 14.3. The van der Waals surface area contributed by atoms with Crippen molar-refractivity contribution in [2.75, 3.05) is 23.8 Å². The molecule has 1 aliphatic heterocycles. The van der Waals surface area contributed by atoms with E-state index in [4.69, 9.17) is 17.4 Å². The fraction of sp³-hybridized carbons (Fsp3) is 0.286. The molecule has 2 aromatic heterocycles. The topological polar surface area (TPSA) is 136 Å². The number of aryl methyl sites for hydroxylation is 2. The fourth-order valence-corrected chi connectivity index (χ4v) is 3.21. The zero-order valence-corrected chi connectivity index (χ0v) is 18.0. The molecular formula is C21H27F2N9. The van der Waals surface area contributed by atoms with Gasteiger partial charge in [-0.05, 0) is 50.6 Å². The Balaban J connectivity index is 0.000000509. The summed E-state index contributed by atoms with van der Waals surface area (Å²) >= 11 is 0. The van der Waals surface area contributed by atoms with Crippen molar-refractivity contribution >= 4 is 17.3 Å². The summed E-state index contributed by atoms with van der Waals surface area (Å²) < 4.78 is 29.9. The van der Waals surface area contributed by atoms with Crippen molar-refractivity contribution in [3.8, 4) is 11.1 Å². The van der Waals surface area contributed by atoms with E-state index in [9.17, 15) is 8.78 Å². The first-order valence-electron chi connectivity index (χ1n) is 10.1. The van der Waals surface area contributed by atoms with Crippen molar-refractivity contribution in [1.82, 2.24) is 20.1 Å². The van der Waals surface area contributed by atoms with E-state index in [1.165, 1.54) is 45.0 Å². The van der Waals surface area contributed by atoms with Gasteiger partial charge in [-0.1, -0.05) is 6.07 Å². The second-order valence-corrected chi connectivity index (χ2v) is 7.37. The van der Waals surface area contributed by atoms with Gasteiger partial charge in [-0.25, -0.2) is 19.6 Å². The van der Waals surface area contributed by atoms with Crippen molar-refractivity contribution < 1.29 is 8.78 Å². The molecule has 3 aromatic rings. The van der Waals surface area contributed by atoms with E-state index < -0.39 is 11.6 Å². The molecule has 0 saturated carbocycles. The van der Waals surface area contributed by atoms with Gasteiger partial charge in [-0.15, -0.1) is 0 Å². The summed E-state index contributed by atoms with van der Waals surface area (Å²) in [5, 5.41) is 11.8. The molecule has 3 heterocycles. The highest BCUT2D eigenvalue weighted by atomic mass is 19.2. The number of nitrogens with zero attached hydrogens (tertiary/aromatic N) is 5. The lowest BCUT2D eigenvalue weighted by Gasteiger charge is -2.22. The second kappa shape index (κ2) is 10.2. The van der Waals surface area contributed by atoms with Crippen molar-refractivity contribution in [1.29, 1.82) is 0 Å². The second-order valence-electron chi connectivity index (χ2n) is 7.37.